The Hall–Kier alpha value is -2.78. The number of anilines is 1. The molecule has 0 radical (unpaired) electrons. The standard InChI is InChI=1S/C28H30Cl3N3O4S/c1-4-19(2)32-28(36)20(3)33(17-21-10-8-9-13-26(21)31)27(35)18-34(24-15-22(29)14-23(30)16-24)39(37,38)25-11-6-5-7-12-25/h5-16,19-20H,4,17-18H2,1-3H3,(H,32,36)/t19-,20-/m1/s1. The number of hydrogen-bond acceptors (Lipinski definition) is 4. The molecule has 208 valence electrons. The molecule has 0 aliphatic heterocycles. The quantitative estimate of drug-likeness (QED) is 0.281. The molecular weight excluding hydrogens is 581 g/mol. The molecule has 3 aromatic rings. The molecule has 0 spiro atoms. The van der Waals surface area contributed by atoms with Crippen LogP contribution in [-0.2, 0) is 26.2 Å². The van der Waals surface area contributed by atoms with Gasteiger partial charge in [-0.05, 0) is 62.2 Å². The Morgan fingerprint density at radius 2 is 1.49 bits per heavy atom. The van der Waals surface area contributed by atoms with Crippen molar-refractivity contribution in [1.82, 2.24) is 10.2 Å². The highest BCUT2D eigenvalue weighted by atomic mass is 35.5. The van der Waals surface area contributed by atoms with Crippen molar-refractivity contribution in [3.8, 4) is 0 Å². The zero-order valence-electron chi connectivity index (χ0n) is 21.8. The summed E-state index contributed by atoms with van der Waals surface area (Å²) in [6.07, 6.45) is 0.704. The third kappa shape index (κ3) is 7.88. The molecule has 0 heterocycles. The van der Waals surface area contributed by atoms with Gasteiger partial charge >= 0.3 is 0 Å². The predicted molar refractivity (Wildman–Crippen MR) is 157 cm³/mol. The van der Waals surface area contributed by atoms with Crippen molar-refractivity contribution in [3.05, 3.63) is 93.4 Å². The number of benzene rings is 3. The van der Waals surface area contributed by atoms with Crippen LogP contribution in [0.5, 0.6) is 0 Å². The van der Waals surface area contributed by atoms with Crippen LogP contribution in [0.1, 0.15) is 32.8 Å². The summed E-state index contributed by atoms with van der Waals surface area (Å²) in [5.41, 5.74) is 0.720. The average Bonchev–Trinajstić information content (AvgIpc) is 2.90. The smallest absolute Gasteiger partial charge is 0.264 e. The minimum Gasteiger partial charge on any atom is -0.352 e. The minimum absolute atomic E-state index is 0.0108. The summed E-state index contributed by atoms with van der Waals surface area (Å²) >= 11 is 18.8. The number of carbonyl (C=O) groups excluding carboxylic acids is 2. The summed E-state index contributed by atoms with van der Waals surface area (Å²) in [6.45, 7) is 4.77. The van der Waals surface area contributed by atoms with E-state index in [1.54, 1.807) is 49.4 Å². The molecule has 3 aromatic carbocycles. The zero-order chi connectivity index (χ0) is 28.7. The minimum atomic E-state index is -4.22. The second-order valence-electron chi connectivity index (χ2n) is 9.06. The van der Waals surface area contributed by atoms with Gasteiger partial charge in [0.05, 0.1) is 10.6 Å². The Balaban J connectivity index is 2.06. The lowest BCUT2D eigenvalue weighted by Gasteiger charge is -2.32. The highest BCUT2D eigenvalue weighted by molar-refractivity contribution is 7.92. The van der Waals surface area contributed by atoms with Crippen molar-refractivity contribution in [2.24, 2.45) is 0 Å². The first-order valence-corrected chi connectivity index (χ1v) is 14.9. The van der Waals surface area contributed by atoms with Gasteiger partial charge in [-0.1, -0.05) is 78.1 Å². The first-order valence-electron chi connectivity index (χ1n) is 12.3. The topological polar surface area (TPSA) is 86.8 Å². The van der Waals surface area contributed by atoms with Crippen LogP contribution in [0.4, 0.5) is 5.69 Å². The molecule has 0 aromatic heterocycles. The van der Waals surface area contributed by atoms with Gasteiger partial charge in [-0.25, -0.2) is 8.42 Å². The van der Waals surface area contributed by atoms with Crippen LogP contribution in [0.25, 0.3) is 0 Å². The summed E-state index contributed by atoms with van der Waals surface area (Å²) < 4.78 is 28.5. The van der Waals surface area contributed by atoms with Crippen molar-refractivity contribution in [2.45, 2.75) is 50.7 Å². The lowest BCUT2D eigenvalue weighted by molar-refractivity contribution is -0.139. The molecule has 0 aliphatic carbocycles. The normalized spacial score (nSPS) is 12.9. The van der Waals surface area contributed by atoms with Crippen molar-refractivity contribution in [3.63, 3.8) is 0 Å². The van der Waals surface area contributed by atoms with Crippen LogP contribution >= 0.6 is 34.8 Å². The van der Waals surface area contributed by atoms with E-state index in [1.807, 2.05) is 13.8 Å². The molecule has 0 fully saturated rings. The van der Waals surface area contributed by atoms with Crippen molar-refractivity contribution in [2.75, 3.05) is 10.8 Å². The number of amides is 2. The number of nitrogens with zero attached hydrogens (tertiary/aromatic N) is 2. The van der Waals surface area contributed by atoms with Gasteiger partial charge in [0, 0.05) is 27.7 Å². The summed E-state index contributed by atoms with van der Waals surface area (Å²) in [7, 11) is -4.22. The van der Waals surface area contributed by atoms with Gasteiger partial charge in [-0.2, -0.15) is 0 Å². The lowest BCUT2D eigenvalue weighted by Crippen LogP contribution is -2.52. The second kappa shape index (κ2) is 13.5. The number of hydrogen-bond donors (Lipinski definition) is 1. The van der Waals surface area contributed by atoms with Gasteiger partial charge in [0.15, 0.2) is 0 Å². The van der Waals surface area contributed by atoms with Crippen LogP contribution in [0.15, 0.2) is 77.7 Å². The van der Waals surface area contributed by atoms with E-state index < -0.39 is 28.5 Å². The molecule has 0 bridgehead atoms. The molecule has 2 atom stereocenters. The third-order valence-electron chi connectivity index (χ3n) is 6.21. The molecular formula is C28H30Cl3N3O4S. The molecule has 2 amide bonds. The Labute approximate surface area is 244 Å². The highest BCUT2D eigenvalue weighted by Crippen LogP contribution is 2.30. The second-order valence-corrected chi connectivity index (χ2v) is 12.2. The molecule has 11 heteroatoms. The van der Waals surface area contributed by atoms with Crippen LogP contribution in [0.3, 0.4) is 0 Å². The summed E-state index contributed by atoms with van der Waals surface area (Å²) in [5.74, 6) is -0.981. The molecule has 0 saturated carbocycles. The van der Waals surface area contributed by atoms with Gasteiger partial charge in [0.1, 0.15) is 12.6 Å². The molecule has 0 aliphatic rings. The van der Waals surface area contributed by atoms with Gasteiger partial charge < -0.3 is 10.2 Å². The Morgan fingerprint density at radius 3 is 2.08 bits per heavy atom. The van der Waals surface area contributed by atoms with Gasteiger partial charge in [0.2, 0.25) is 11.8 Å². The fourth-order valence-electron chi connectivity index (χ4n) is 3.79. The summed E-state index contributed by atoms with van der Waals surface area (Å²) in [4.78, 5) is 28.3. The Bertz CT molecular complexity index is 1400. The molecule has 39 heavy (non-hydrogen) atoms. The molecule has 7 nitrogen and oxygen atoms in total. The molecule has 3 rings (SSSR count). The van der Waals surface area contributed by atoms with E-state index in [0.29, 0.717) is 17.0 Å². The van der Waals surface area contributed by atoms with Crippen molar-refractivity contribution < 1.29 is 18.0 Å². The van der Waals surface area contributed by atoms with E-state index in [9.17, 15) is 18.0 Å². The SMILES string of the molecule is CC[C@@H](C)NC(=O)[C@@H](C)N(Cc1ccccc1Cl)C(=O)CN(c1cc(Cl)cc(Cl)c1)S(=O)(=O)c1ccccc1. The van der Waals surface area contributed by atoms with E-state index in [2.05, 4.69) is 5.32 Å². The highest BCUT2D eigenvalue weighted by Gasteiger charge is 2.33. The fraction of sp³-hybridized carbons (Fsp3) is 0.286. The maximum atomic E-state index is 13.9. The predicted octanol–water partition coefficient (Wildman–Crippen LogP) is 6.17. The number of carbonyl (C=O) groups is 2. The van der Waals surface area contributed by atoms with E-state index in [0.717, 1.165) is 4.31 Å². The summed E-state index contributed by atoms with van der Waals surface area (Å²) in [6, 6.07) is 17.9. The first-order chi connectivity index (χ1) is 18.4. The maximum Gasteiger partial charge on any atom is 0.264 e. The first kappa shape index (κ1) is 30.8. The van der Waals surface area contributed by atoms with E-state index >= 15 is 0 Å². The van der Waals surface area contributed by atoms with Crippen LogP contribution in [0, 0.1) is 0 Å². The van der Waals surface area contributed by atoms with E-state index in [4.69, 9.17) is 34.8 Å². The maximum absolute atomic E-state index is 13.9. The largest absolute Gasteiger partial charge is 0.352 e. The average molecular weight is 611 g/mol. The number of sulfonamides is 1. The molecule has 1 N–H and O–H groups in total. The van der Waals surface area contributed by atoms with Gasteiger partial charge in [0.25, 0.3) is 10.0 Å². The lowest BCUT2D eigenvalue weighted by atomic mass is 10.1. The number of nitrogens with one attached hydrogen (secondary N) is 1. The molecule has 0 unspecified atom stereocenters. The van der Waals surface area contributed by atoms with Crippen LogP contribution in [0.2, 0.25) is 15.1 Å². The number of rotatable bonds is 11. The zero-order valence-corrected chi connectivity index (χ0v) is 24.9. The van der Waals surface area contributed by atoms with Crippen LogP contribution < -0.4 is 9.62 Å². The van der Waals surface area contributed by atoms with Gasteiger partial charge in [-0.3, -0.25) is 13.9 Å². The Kier molecular flexibility index (Phi) is 10.7. The fourth-order valence-corrected chi connectivity index (χ4v) is 5.92. The third-order valence-corrected chi connectivity index (χ3v) is 8.81. The van der Waals surface area contributed by atoms with Crippen molar-refractivity contribution in [1.29, 1.82) is 0 Å². The summed E-state index contributed by atoms with van der Waals surface area (Å²) in [5, 5.41) is 3.71. The Morgan fingerprint density at radius 1 is 0.897 bits per heavy atom. The van der Waals surface area contributed by atoms with E-state index in [-0.39, 0.29) is 39.1 Å². The molecule has 0 saturated heterocycles. The van der Waals surface area contributed by atoms with Crippen molar-refractivity contribution >= 4 is 62.3 Å². The van der Waals surface area contributed by atoms with Gasteiger partial charge in [-0.15, -0.1) is 0 Å². The van der Waals surface area contributed by atoms with Crippen LogP contribution in [-0.4, -0.2) is 43.8 Å². The number of halogens is 3. The monoisotopic (exact) mass is 609 g/mol. The van der Waals surface area contributed by atoms with E-state index in [1.165, 1.54) is 35.2 Å².